The van der Waals surface area contributed by atoms with Crippen molar-refractivity contribution >= 4 is 49.5 Å². The lowest BCUT2D eigenvalue weighted by atomic mass is 9.82. The van der Waals surface area contributed by atoms with Gasteiger partial charge in [-0.15, -0.1) is 0 Å². The third-order valence-corrected chi connectivity index (χ3v) is 12.5. The highest BCUT2D eigenvalue weighted by Crippen LogP contribution is 2.51. The van der Waals surface area contributed by atoms with Crippen molar-refractivity contribution in [1.82, 2.24) is 9.38 Å². The van der Waals surface area contributed by atoms with E-state index in [0.29, 0.717) is 0 Å². The minimum absolute atomic E-state index is 0.112. The fourth-order valence-corrected chi connectivity index (χ4v) is 9.78. The summed E-state index contributed by atoms with van der Waals surface area (Å²) in [5, 5.41) is 7.67. The van der Waals surface area contributed by atoms with E-state index in [2.05, 4.69) is 229 Å². The highest BCUT2D eigenvalue weighted by molar-refractivity contribution is 6.17. The fourth-order valence-electron chi connectivity index (χ4n) is 9.78. The molecule has 1 aliphatic rings. The normalized spacial score (nSPS) is 13.6. The van der Waals surface area contributed by atoms with E-state index in [9.17, 15) is 0 Å². The first-order valence-corrected chi connectivity index (χ1v) is 20.7. The van der Waals surface area contributed by atoms with Crippen molar-refractivity contribution in [1.29, 1.82) is 0 Å². The molecule has 0 saturated heterocycles. The molecule has 1 aliphatic carbocycles. The summed E-state index contributed by atoms with van der Waals surface area (Å²) < 4.78 is 2.35. The van der Waals surface area contributed by atoms with Crippen LogP contribution in [0.5, 0.6) is 0 Å². The molecule has 2 nitrogen and oxygen atoms in total. The molecule has 280 valence electrons. The predicted octanol–water partition coefficient (Wildman–Crippen LogP) is 15.1. The van der Waals surface area contributed by atoms with Gasteiger partial charge in [0.2, 0.25) is 0 Å². The van der Waals surface area contributed by atoms with Crippen LogP contribution in [0.25, 0.3) is 94.5 Å². The van der Waals surface area contributed by atoms with Crippen LogP contribution in [0.1, 0.15) is 28.2 Å². The largest absolute Gasteiger partial charge is 0.293 e. The predicted molar refractivity (Wildman–Crippen MR) is 252 cm³/mol. The van der Waals surface area contributed by atoms with E-state index in [4.69, 9.17) is 4.98 Å². The number of allylic oxidation sites excluding steroid dienone is 1. The summed E-state index contributed by atoms with van der Waals surface area (Å²) in [4.78, 5) is 5.45. The highest BCUT2D eigenvalue weighted by atomic mass is 15.0. The highest BCUT2D eigenvalue weighted by Gasteiger charge is 2.31. The minimum atomic E-state index is 0.112. The van der Waals surface area contributed by atoms with Crippen molar-refractivity contribution in [2.75, 3.05) is 0 Å². The number of hydrogen-bond acceptors (Lipinski definition) is 1. The lowest BCUT2D eigenvalue weighted by Gasteiger charge is -2.21. The molecule has 1 atom stereocenters. The second-order valence-electron chi connectivity index (χ2n) is 15.8. The van der Waals surface area contributed by atoms with Crippen molar-refractivity contribution in [3.05, 3.63) is 241 Å². The van der Waals surface area contributed by atoms with Crippen molar-refractivity contribution in [2.24, 2.45) is 0 Å². The van der Waals surface area contributed by atoms with Crippen LogP contribution in [-0.2, 0) is 0 Å². The maximum atomic E-state index is 5.45. The first-order chi connectivity index (χ1) is 29.8. The minimum Gasteiger partial charge on any atom is -0.293 e. The van der Waals surface area contributed by atoms with E-state index in [1.54, 1.807) is 0 Å². The molecule has 0 saturated carbocycles. The molecule has 2 aromatic heterocycles. The Hall–Kier alpha value is -7.81. The van der Waals surface area contributed by atoms with Crippen LogP contribution >= 0.6 is 0 Å². The Morgan fingerprint density at radius 2 is 0.900 bits per heavy atom. The van der Waals surface area contributed by atoms with Crippen LogP contribution in [0.15, 0.2) is 218 Å². The first kappa shape index (κ1) is 34.3. The third kappa shape index (κ3) is 5.46. The van der Waals surface area contributed by atoms with Gasteiger partial charge in [0.1, 0.15) is 5.82 Å². The van der Waals surface area contributed by atoms with Gasteiger partial charge in [-0.2, -0.15) is 0 Å². The van der Waals surface area contributed by atoms with E-state index in [1.807, 2.05) is 0 Å². The molecule has 0 fully saturated rings. The summed E-state index contributed by atoms with van der Waals surface area (Å²) in [7, 11) is 0. The van der Waals surface area contributed by atoms with Crippen molar-refractivity contribution < 1.29 is 0 Å². The molecule has 9 aromatic carbocycles. The second kappa shape index (κ2) is 13.9. The Bertz CT molecular complexity index is 3450. The average molecular weight is 763 g/mol. The van der Waals surface area contributed by atoms with Gasteiger partial charge in [0.15, 0.2) is 0 Å². The molecule has 2 heterocycles. The molecule has 0 radical (unpaired) electrons. The van der Waals surface area contributed by atoms with Crippen LogP contribution in [-0.4, -0.2) is 9.38 Å². The van der Waals surface area contributed by atoms with Crippen molar-refractivity contribution in [3.8, 4) is 45.0 Å². The van der Waals surface area contributed by atoms with E-state index >= 15 is 0 Å². The molecule has 2 heteroatoms. The zero-order chi connectivity index (χ0) is 39.6. The number of aromatic nitrogens is 2. The van der Waals surface area contributed by atoms with Gasteiger partial charge in [-0.1, -0.05) is 206 Å². The zero-order valence-electron chi connectivity index (χ0n) is 32.8. The summed E-state index contributed by atoms with van der Waals surface area (Å²) >= 11 is 0. The van der Waals surface area contributed by atoms with Crippen LogP contribution < -0.4 is 0 Å². The van der Waals surface area contributed by atoms with Gasteiger partial charge in [0, 0.05) is 27.8 Å². The monoisotopic (exact) mass is 762 g/mol. The third-order valence-electron chi connectivity index (χ3n) is 12.5. The molecule has 0 spiro atoms. The molecular weight excluding hydrogens is 725 g/mol. The van der Waals surface area contributed by atoms with Gasteiger partial charge in [0.25, 0.3) is 0 Å². The van der Waals surface area contributed by atoms with Gasteiger partial charge in [-0.25, -0.2) is 4.98 Å². The molecule has 1 unspecified atom stereocenters. The number of benzene rings is 9. The molecule has 0 aliphatic heterocycles. The Labute approximate surface area is 349 Å². The van der Waals surface area contributed by atoms with Gasteiger partial charge in [-0.3, -0.25) is 4.40 Å². The number of nitrogens with zero attached hydrogens (tertiary/aromatic N) is 2. The van der Waals surface area contributed by atoms with Crippen molar-refractivity contribution in [2.45, 2.75) is 5.92 Å². The first-order valence-electron chi connectivity index (χ1n) is 20.7. The van der Waals surface area contributed by atoms with Crippen LogP contribution in [0, 0.1) is 0 Å². The Morgan fingerprint density at radius 1 is 0.367 bits per heavy atom. The van der Waals surface area contributed by atoms with Gasteiger partial charge < -0.3 is 0 Å². The maximum absolute atomic E-state index is 5.45. The number of fused-ring (bicyclic) bond motifs is 9. The molecule has 0 bridgehead atoms. The van der Waals surface area contributed by atoms with Gasteiger partial charge >= 0.3 is 0 Å². The molecule has 12 rings (SSSR count). The maximum Gasteiger partial charge on any atom is 0.145 e. The van der Waals surface area contributed by atoms with Crippen LogP contribution in [0.4, 0.5) is 0 Å². The average Bonchev–Trinajstić information content (AvgIpc) is 3.90. The summed E-state index contributed by atoms with van der Waals surface area (Å²) in [6.07, 6.45) is 2.46. The number of rotatable bonds is 6. The molecule has 0 N–H and O–H groups in total. The fraction of sp³-hybridized carbons (Fsp3) is 0.0172. The molecule has 0 amide bonds. The molecular formula is C58H38N2. The Kier molecular flexibility index (Phi) is 7.96. The van der Waals surface area contributed by atoms with Gasteiger partial charge in [-0.05, 0) is 84.3 Å². The zero-order valence-corrected chi connectivity index (χ0v) is 32.8. The number of hydrogen-bond donors (Lipinski definition) is 0. The second-order valence-corrected chi connectivity index (χ2v) is 15.8. The SMILES string of the molecule is C1=C(c2cccc(-c3ccc(-c4cc5c6ccccc6c(-c6ccccc6)n5c(-c5ccccc5)n4)cc3)c2)C(c2ccccc2)c2c1c1ccccc1c1ccccc21. The summed E-state index contributed by atoms with van der Waals surface area (Å²) in [6.45, 7) is 0. The lowest BCUT2D eigenvalue weighted by molar-refractivity contribution is 1.08. The standard InChI is InChI=1S/C58H38N2/c1-4-17-40(18-5-1)55-51(36-52-47-27-11-10-25-45(47)46-26-12-14-29-49(46)56(52)55)44-24-16-23-43(35-44)38-31-33-39(34-32-38)53-37-54-48-28-13-15-30-50(48)57(41-19-6-2-7-20-41)60(54)58(59-53)42-21-8-3-9-22-42/h1-37,55H. The smallest absolute Gasteiger partial charge is 0.145 e. The Morgan fingerprint density at radius 3 is 1.62 bits per heavy atom. The van der Waals surface area contributed by atoms with Crippen LogP contribution in [0.2, 0.25) is 0 Å². The lowest BCUT2D eigenvalue weighted by Crippen LogP contribution is -2.02. The topological polar surface area (TPSA) is 17.3 Å². The summed E-state index contributed by atoms with van der Waals surface area (Å²) in [5.74, 6) is 1.04. The van der Waals surface area contributed by atoms with E-state index in [-0.39, 0.29) is 5.92 Å². The summed E-state index contributed by atoms with van der Waals surface area (Å²) in [5.41, 5.74) is 15.5. The van der Waals surface area contributed by atoms with E-state index in [0.717, 1.165) is 33.9 Å². The van der Waals surface area contributed by atoms with Gasteiger partial charge in [0.05, 0.1) is 16.9 Å². The quantitative estimate of drug-likeness (QED) is 0.154. The Balaban J connectivity index is 0.976. The molecule has 60 heavy (non-hydrogen) atoms. The van der Waals surface area contributed by atoms with E-state index in [1.165, 1.54) is 76.8 Å². The van der Waals surface area contributed by atoms with E-state index < -0.39 is 0 Å². The summed E-state index contributed by atoms with van der Waals surface area (Å²) in [6, 6.07) is 79.2. The molecule has 11 aromatic rings. The van der Waals surface area contributed by atoms with Crippen molar-refractivity contribution in [3.63, 3.8) is 0 Å². The van der Waals surface area contributed by atoms with Crippen LogP contribution in [0.3, 0.4) is 0 Å².